The molecule has 0 saturated heterocycles. The van der Waals surface area contributed by atoms with Gasteiger partial charge in [0.1, 0.15) is 0 Å². The smallest absolute Gasteiger partial charge is 0.387 e. The molecule has 0 heterocycles. The number of halogens is 2. The summed E-state index contributed by atoms with van der Waals surface area (Å²) in [6, 6.07) is 4.75. The normalized spacial score (nSPS) is 14.3. The van der Waals surface area contributed by atoms with Crippen molar-refractivity contribution < 1.29 is 23.4 Å². The number of rotatable bonds is 8. The molecule has 120 valence electrons. The van der Waals surface area contributed by atoms with Crippen LogP contribution in [0.15, 0.2) is 18.2 Å². The van der Waals surface area contributed by atoms with Gasteiger partial charge in [-0.25, -0.2) is 0 Å². The van der Waals surface area contributed by atoms with Gasteiger partial charge >= 0.3 is 6.61 Å². The highest BCUT2D eigenvalue weighted by Gasteiger charge is 2.15. The highest BCUT2D eigenvalue weighted by atomic mass is 19.3. The highest BCUT2D eigenvalue weighted by Crippen LogP contribution is 2.31. The molecule has 0 aliphatic rings. The number of methoxy groups -OCH3 is 1. The van der Waals surface area contributed by atoms with Gasteiger partial charge in [0.15, 0.2) is 11.5 Å². The fraction of sp³-hybridized carbons (Fsp3) is 0.600. The van der Waals surface area contributed by atoms with Gasteiger partial charge in [0.25, 0.3) is 0 Å². The largest absolute Gasteiger partial charge is 0.493 e. The molecule has 1 rings (SSSR count). The molecular formula is C15H23F2NO3. The molecule has 1 aromatic carbocycles. The minimum atomic E-state index is -2.89. The van der Waals surface area contributed by atoms with E-state index in [9.17, 15) is 13.9 Å². The summed E-state index contributed by atoms with van der Waals surface area (Å²) in [4.78, 5) is 0. The lowest BCUT2D eigenvalue weighted by atomic mass is 10.0. The van der Waals surface area contributed by atoms with Crippen LogP contribution in [-0.4, -0.2) is 31.5 Å². The number of ether oxygens (including phenoxy) is 2. The van der Waals surface area contributed by atoms with E-state index in [4.69, 9.17) is 4.74 Å². The summed E-state index contributed by atoms with van der Waals surface area (Å²) in [5.41, 5.74) is 0.865. The standard InChI is InChI=1S/C15H23F2NO3/c1-9(2)12(19)8-18-10(3)11-5-6-13(21-15(16)17)14(7-11)20-4/h5-7,9-10,12,15,18-19H,8H2,1-4H3. The van der Waals surface area contributed by atoms with E-state index < -0.39 is 12.7 Å². The second kappa shape index (κ2) is 8.14. The van der Waals surface area contributed by atoms with Crippen molar-refractivity contribution in [3.8, 4) is 11.5 Å². The van der Waals surface area contributed by atoms with Crippen molar-refractivity contribution in [1.82, 2.24) is 5.32 Å². The van der Waals surface area contributed by atoms with Crippen LogP contribution in [0.4, 0.5) is 8.78 Å². The fourth-order valence-corrected chi connectivity index (χ4v) is 1.80. The minimum absolute atomic E-state index is 0.00525. The van der Waals surface area contributed by atoms with Crippen molar-refractivity contribution in [2.24, 2.45) is 5.92 Å². The summed E-state index contributed by atoms with van der Waals surface area (Å²) in [6.07, 6.45) is -0.434. The maximum atomic E-state index is 12.3. The van der Waals surface area contributed by atoms with E-state index in [0.29, 0.717) is 6.54 Å². The summed E-state index contributed by atoms with van der Waals surface area (Å²) in [5, 5.41) is 13.0. The molecule has 2 atom stereocenters. The Morgan fingerprint density at radius 3 is 2.38 bits per heavy atom. The van der Waals surface area contributed by atoms with Crippen LogP contribution in [0.25, 0.3) is 0 Å². The van der Waals surface area contributed by atoms with Crippen molar-refractivity contribution in [2.75, 3.05) is 13.7 Å². The lowest BCUT2D eigenvalue weighted by Gasteiger charge is -2.20. The van der Waals surface area contributed by atoms with Crippen molar-refractivity contribution in [1.29, 1.82) is 0 Å². The molecule has 0 bridgehead atoms. The molecular weight excluding hydrogens is 280 g/mol. The molecule has 0 radical (unpaired) electrons. The van der Waals surface area contributed by atoms with Gasteiger partial charge < -0.3 is 19.9 Å². The first-order chi connectivity index (χ1) is 9.85. The Bertz CT molecular complexity index is 441. The van der Waals surface area contributed by atoms with E-state index >= 15 is 0 Å². The van der Waals surface area contributed by atoms with Gasteiger partial charge in [-0.2, -0.15) is 8.78 Å². The zero-order valence-electron chi connectivity index (χ0n) is 12.8. The Morgan fingerprint density at radius 1 is 1.19 bits per heavy atom. The van der Waals surface area contributed by atoms with Crippen LogP contribution in [-0.2, 0) is 0 Å². The number of nitrogens with one attached hydrogen (secondary N) is 1. The van der Waals surface area contributed by atoms with Crippen molar-refractivity contribution in [3.05, 3.63) is 23.8 Å². The molecule has 0 amide bonds. The van der Waals surface area contributed by atoms with E-state index in [-0.39, 0.29) is 23.5 Å². The molecule has 2 unspecified atom stereocenters. The molecule has 0 saturated carbocycles. The van der Waals surface area contributed by atoms with Gasteiger partial charge in [0, 0.05) is 12.6 Å². The van der Waals surface area contributed by atoms with Crippen LogP contribution in [0.5, 0.6) is 11.5 Å². The monoisotopic (exact) mass is 303 g/mol. The van der Waals surface area contributed by atoms with Gasteiger partial charge in [0.05, 0.1) is 13.2 Å². The van der Waals surface area contributed by atoms with Crippen LogP contribution in [0, 0.1) is 5.92 Å². The molecule has 0 aromatic heterocycles. The lowest BCUT2D eigenvalue weighted by Crippen LogP contribution is -2.32. The Morgan fingerprint density at radius 2 is 1.86 bits per heavy atom. The van der Waals surface area contributed by atoms with E-state index in [0.717, 1.165) is 5.56 Å². The number of aliphatic hydroxyl groups excluding tert-OH is 1. The first-order valence-corrected chi connectivity index (χ1v) is 6.89. The van der Waals surface area contributed by atoms with Crippen molar-refractivity contribution >= 4 is 0 Å². The summed E-state index contributed by atoms with van der Waals surface area (Å²) >= 11 is 0. The average Bonchev–Trinajstić information content (AvgIpc) is 2.43. The van der Waals surface area contributed by atoms with E-state index in [2.05, 4.69) is 10.1 Å². The highest BCUT2D eigenvalue weighted by molar-refractivity contribution is 5.43. The Labute approximate surface area is 124 Å². The summed E-state index contributed by atoms with van der Waals surface area (Å²) in [6.45, 7) is 3.38. The maximum absolute atomic E-state index is 12.3. The Kier molecular flexibility index (Phi) is 6.84. The molecule has 1 aromatic rings. The minimum Gasteiger partial charge on any atom is -0.493 e. The average molecular weight is 303 g/mol. The zero-order chi connectivity index (χ0) is 16.0. The SMILES string of the molecule is COc1cc(C(C)NCC(O)C(C)C)ccc1OC(F)F. The number of hydrogen-bond acceptors (Lipinski definition) is 4. The predicted octanol–water partition coefficient (Wildman–Crippen LogP) is 2.96. The molecule has 0 aliphatic carbocycles. The molecule has 6 heteroatoms. The topological polar surface area (TPSA) is 50.7 Å². The Hall–Kier alpha value is -1.40. The summed E-state index contributed by atoms with van der Waals surface area (Å²) in [5.74, 6) is 0.428. The first-order valence-electron chi connectivity index (χ1n) is 6.89. The second-order valence-electron chi connectivity index (χ2n) is 5.23. The van der Waals surface area contributed by atoms with Gasteiger partial charge in [-0.05, 0) is 30.5 Å². The third kappa shape index (κ3) is 5.47. The quantitative estimate of drug-likeness (QED) is 0.775. The second-order valence-corrected chi connectivity index (χ2v) is 5.23. The molecule has 4 nitrogen and oxygen atoms in total. The third-order valence-corrected chi connectivity index (χ3v) is 3.31. The van der Waals surface area contributed by atoms with E-state index in [1.54, 1.807) is 12.1 Å². The molecule has 0 spiro atoms. The number of alkyl halides is 2. The predicted molar refractivity (Wildman–Crippen MR) is 76.9 cm³/mol. The number of hydrogen-bond donors (Lipinski definition) is 2. The maximum Gasteiger partial charge on any atom is 0.387 e. The van der Waals surface area contributed by atoms with Gasteiger partial charge in [-0.15, -0.1) is 0 Å². The fourth-order valence-electron chi connectivity index (χ4n) is 1.80. The van der Waals surface area contributed by atoms with Crippen molar-refractivity contribution in [3.63, 3.8) is 0 Å². The van der Waals surface area contributed by atoms with Gasteiger partial charge in [-0.3, -0.25) is 0 Å². The summed E-state index contributed by atoms with van der Waals surface area (Å²) in [7, 11) is 1.40. The van der Waals surface area contributed by atoms with Crippen LogP contribution in [0.2, 0.25) is 0 Å². The first kappa shape index (κ1) is 17.7. The molecule has 0 aliphatic heterocycles. The molecule has 0 fully saturated rings. The Balaban J connectivity index is 2.74. The number of aliphatic hydroxyl groups is 1. The molecule has 21 heavy (non-hydrogen) atoms. The van der Waals surface area contributed by atoms with E-state index in [1.807, 2.05) is 20.8 Å². The van der Waals surface area contributed by atoms with Crippen LogP contribution in [0.3, 0.4) is 0 Å². The van der Waals surface area contributed by atoms with Crippen LogP contribution >= 0.6 is 0 Å². The number of benzene rings is 1. The third-order valence-electron chi connectivity index (χ3n) is 3.31. The van der Waals surface area contributed by atoms with Gasteiger partial charge in [0.2, 0.25) is 0 Å². The lowest BCUT2D eigenvalue weighted by molar-refractivity contribution is -0.0512. The van der Waals surface area contributed by atoms with Crippen LogP contribution in [0.1, 0.15) is 32.4 Å². The van der Waals surface area contributed by atoms with Crippen molar-refractivity contribution in [2.45, 2.75) is 39.5 Å². The van der Waals surface area contributed by atoms with Crippen LogP contribution < -0.4 is 14.8 Å². The van der Waals surface area contributed by atoms with E-state index in [1.165, 1.54) is 13.2 Å². The molecule has 2 N–H and O–H groups in total. The summed E-state index contributed by atoms with van der Waals surface area (Å²) < 4.78 is 34.0. The van der Waals surface area contributed by atoms with Gasteiger partial charge in [-0.1, -0.05) is 19.9 Å². The zero-order valence-corrected chi connectivity index (χ0v) is 12.8.